The zero-order valence-electron chi connectivity index (χ0n) is 24.8. The van der Waals surface area contributed by atoms with Crippen molar-refractivity contribution in [3.8, 4) is 31.7 Å². The number of para-hydroxylation sites is 3. The molecule has 6 aromatic carbocycles. The highest BCUT2D eigenvalue weighted by atomic mass is 32.1. The summed E-state index contributed by atoms with van der Waals surface area (Å²) < 4.78 is 20.1. The molecule has 47 heavy (non-hydrogen) atoms. The van der Waals surface area contributed by atoms with E-state index < -0.39 is 7.14 Å². The van der Waals surface area contributed by atoms with Gasteiger partial charge >= 0.3 is 0 Å². The predicted octanol–water partition coefficient (Wildman–Crippen LogP) is 10.2. The summed E-state index contributed by atoms with van der Waals surface area (Å²) in [6, 6.07) is 48.7. The lowest BCUT2D eigenvalue weighted by molar-refractivity contribution is 0.592. The molecule has 0 saturated heterocycles. The third-order valence-corrected chi connectivity index (χ3v) is 14.7. The van der Waals surface area contributed by atoms with Gasteiger partial charge in [-0.1, -0.05) is 109 Å². The van der Waals surface area contributed by atoms with E-state index >= 15 is 4.57 Å². The molecule has 224 valence electrons. The summed E-state index contributed by atoms with van der Waals surface area (Å²) in [5.74, 6) is 0. The molecule has 3 aromatic heterocycles. The minimum absolute atomic E-state index is 0.751. The fourth-order valence-electron chi connectivity index (χ4n) is 6.14. The Balaban J connectivity index is 1.36. The molecule has 4 nitrogen and oxygen atoms in total. The standard InChI is InChI=1S/C39H24N3OPS3/c43-44(31-19-7-1-13-25(31)37-40-28-16-4-10-22-34(28)45-37,32-20-8-2-14-26(32)38-41-29-17-5-11-23-35(29)46-38)33-21-9-3-15-27(33)39-42-30-18-6-12-24-36(30)47-39/h1-24H. The van der Waals surface area contributed by atoms with E-state index in [0.717, 1.165) is 78.3 Å². The van der Waals surface area contributed by atoms with Crippen LogP contribution in [0.3, 0.4) is 0 Å². The van der Waals surface area contributed by atoms with Crippen LogP contribution in [0.1, 0.15) is 0 Å². The van der Waals surface area contributed by atoms with E-state index in [0.29, 0.717) is 0 Å². The number of fused-ring (bicyclic) bond motifs is 3. The molecule has 0 unspecified atom stereocenters. The van der Waals surface area contributed by atoms with Crippen molar-refractivity contribution in [1.82, 2.24) is 15.0 Å². The summed E-state index contributed by atoms with van der Waals surface area (Å²) in [5, 5.41) is 4.79. The van der Waals surface area contributed by atoms with Crippen molar-refractivity contribution in [2.24, 2.45) is 0 Å². The highest BCUT2D eigenvalue weighted by molar-refractivity contribution is 7.86. The highest BCUT2D eigenvalue weighted by Gasteiger charge is 2.38. The molecule has 0 aliphatic heterocycles. The van der Waals surface area contributed by atoms with Crippen LogP contribution in [0, 0.1) is 0 Å². The molecule has 0 fully saturated rings. The number of nitrogens with zero attached hydrogens (tertiary/aromatic N) is 3. The summed E-state index contributed by atoms with van der Waals surface area (Å²) in [7, 11) is -3.62. The van der Waals surface area contributed by atoms with Gasteiger partial charge in [0.25, 0.3) is 0 Å². The maximum Gasteiger partial charge on any atom is 0.173 e. The van der Waals surface area contributed by atoms with Crippen LogP contribution in [0.15, 0.2) is 146 Å². The lowest BCUT2D eigenvalue weighted by Crippen LogP contribution is -2.28. The topological polar surface area (TPSA) is 55.7 Å². The van der Waals surface area contributed by atoms with E-state index in [4.69, 9.17) is 15.0 Å². The molecule has 9 rings (SSSR count). The fraction of sp³-hybridized carbons (Fsp3) is 0. The van der Waals surface area contributed by atoms with Gasteiger partial charge in [0.1, 0.15) is 15.0 Å². The molecule has 0 N–H and O–H groups in total. The van der Waals surface area contributed by atoms with Gasteiger partial charge in [-0.2, -0.15) is 0 Å². The van der Waals surface area contributed by atoms with E-state index in [9.17, 15) is 0 Å². The first-order valence-corrected chi connectivity index (χ1v) is 19.3. The van der Waals surface area contributed by atoms with E-state index in [1.165, 1.54) is 0 Å². The minimum atomic E-state index is -3.62. The van der Waals surface area contributed by atoms with E-state index in [1.54, 1.807) is 34.0 Å². The quantitative estimate of drug-likeness (QED) is 0.164. The Hall–Kier alpha value is -4.78. The van der Waals surface area contributed by atoms with E-state index in [1.807, 2.05) is 109 Å². The van der Waals surface area contributed by atoms with Gasteiger partial charge in [0.2, 0.25) is 0 Å². The van der Waals surface area contributed by atoms with Crippen molar-refractivity contribution in [3.63, 3.8) is 0 Å². The largest absolute Gasteiger partial charge is 0.309 e. The summed E-state index contributed by atoms with van der Waals surface area (Å²) in [5.41, 5.74) is 5.41. The van der Waals surface area contributed by atoms with Crippen LogP contribution >= 0.6 is 41.2 Å². The molecule has 0 aliphatic carbocycles. The van der Waals surface area contributed by atoms with Gasteiger partial charge in [-0.05, 0) is 36.4 Å². The number of aromatic nitrogens is 3. The van der Waals surface area contributed by atoms with Crippen LogP contribution in [-0.2, 0) is 4.57 Å². The van der Waals surface area contributed by atoms with Crippen molar-refractivity contribution in [1.29, 1.82) is 0 Å². The summed E-state index contributed by atoms with van der Waals surface area (Å²) >= 11 is 4.88. The first-order chi connectivity index (χ1) is 23.2. The maximum absolute atomic E-state index is 16.8. The van der Waals surface area contributed by atoms with Gasteiger partial charge in [0.15, 0.2) is 7.14 Å². The first kappa shape index (κ1) is 28.4. The second-order valence-corrected chi connectivity index (χ2v) is 16.9. The lowest BCUT2D eigenvalue weighted by Gasteiger charge is -2.25. The van der Waals surface area contributed by atoms with Crippen molar-refractivity contribution in [2.75, 3.05) is 0 Å². The molecule has 0 bridgehead atoms. The van der Waals surface area contributed by atoms with Crippen LogP contribution in [0.2, 0.25) is 0 Å². The Labute approximate surface area is 283 Å². The molecule has 8 heteroatoms. The second kappa shape index (κ2) is 11.5. The zero-order chi connectivity index (χ0) is 31.4. The van der Waals surface area contributed by atoms with Crippen LogP contribution in [-0.4, -0.2) is 15.0 Å². The lowest BCUT2D eigenvalue weighted by atomic mass is 10.2. The Morgan fingerprint density at radius 3 is 0.957 bits per heavy atom. The van der Waals surface area contributed by atoms with E-state index in [2.05, 4.69) is 36.4 Å². The average molecular weight is 678 g/mol. The van der Waals surface area contributed by atoms with Crippen LogP contribution in [0.4, 0.5) is 0 Å². The smallest absolute Gasteiger partial charge is 0.173 e. The maximum atomic E-state index is 16.8. The van der Waals surface area contributed by atoms with Gasteiger partial charge in [0, 0.05) is 32.6 Å². The van der Waals surface area contributed by atoms with Gasteiger partial charge in [0.05, 0.1) is 30.6 Å². The Kier molecular flexibility index (Phi) is 6.95. The average Bonchev–Trinajstić information content (AvgIpc) is 3.88. The van der Waals surface area contributed by atoms with Crippen molar-refractivity contribution < 1.29 is 4.57 Å². The van der Waals surface area contributed by atoms with Crippen molar-refractivity contribution in [3.05, 3.63) is 146 Å². The van der Waals surface area contributed by atoms with E-state index in [-0.39, 0.29) is 0 Å². The van der Waals surface area contributed by atoms with Crippen molar-refractivity contribution >= 4 is 87.7 Å². The highest BCUT2D eigenvalue weighted by Crippen LogP contribution is 2.51. The number of thiazole rings is 3. The summed E-state index contributed by atoms with van der Waals surface area (Å²) in [6.07, 6.45) is 0. The molecular weight excluding hydrogens is 654 g/mol. The number of hydrogen-bond donors (Lipinski definition) is 0. The molecule has 0 spiro atoms. The monoisotopic (exact) mass is 677 g/mol. The number of hydrogen-bond acceptors (Lipinski definition) is 7. The SMILES string of the molecule is O=P(c1ccccc1-c1nc2ccccc2s1)(c1ccccc1-c1nc2ccccc2s1)c1ccccc1-c1nc2ccccc2s1. The minimum Gasteiger partial charge on any atom is -0.309 e. The Morgan fingerprint density at radius 1 is 0.362 bits per heavy atom. The third kappa shape index (κ3) is 4.78. The van der Waals surface area contributed by atoms with Gasteiger partial charge < -0.3 is 4.57 Å². The molecule has 0 aliphatic rings. The van der Waals surface area contributed by atoms with Gasteiger partial charge in [-0.15, -0.1) is 34.0 Å². The molecular formula is C39H24N3OPS3. The zero-order valence-corrected chi connectivity index (χ0v) is 28.1. The molecule has 0 atom stereocenters. The Morgan fingerprint density at radius 2 is 0.638 bits per heavy atom. The normalized spacial score (nSPS) is 11.9. The first-order valence-electron chi connectivity index (χ1n) is 15.1. The van der Waals surface area contributed by atoms with Gasteiger partial charge in [-0.3, -0.25) is 0 Å². The number of benzene rings is 6. The van der Waals surface area contributed by atoms with Crippen LogP contribution < -0.4 is 15.9 Å². The molecule has 9 aromatic rings. The molecule has 0 amide bonds. The summed E-state index contributed by atoms with van der Waals surface area (Å²) in [4.78, 5) is 15.1. The molecule has 0 saturated carbocycles. The molecule has 0 radical (unpaired) electrons. The molecule has 3 heterocycles. The Bertz CT molecular complexity index is 2270. The number of rotatable bonds is 6. The fourth-order valence-corrected chi connectivity index (χ4v) is 12.6. The van der Waals surface area contributed by atoms with Crippen molar-refractivity contribution in [2.45, 2.75) is 0 Å². The third-order valence-electron chi connectivity index (χ3n) is 8.30. The predicted molar refractivity (Wildman–Crippen MR) is 202 cm³/mol. The second-order valence-electron chi connectivity index (χ2n) is 11.1. The van der Waals surface area contributed by atoms with Gasteiger partial charge in [-0.25, -0.2) is 15.0 Å². The summed E-state index contributed by atoms with van der Waals surface area (Å²) in [6.45, 7) is 0. The van der Waals surface area contributed by atoms with Crippen LogP contribution in [0.5, 0.6) is 0 Å². The van der Waals surface area contributed by atoms with Crippen LogP contribution in [0.25, 0.3) is 62.4 Å².